The predicted molar refractivity (Wildman–Crippen MR) is 123 cm³/mol. The number of aromatic nitrogens is 3. The van der Waals surface area contributed by atoms with Gasteiger partial charge in [-0.2, -0.15) is 10.1 Å². The molecule has 0 fully saturated rings. The standard InChI is InChI=1S/C23H24ClN5O3/c1-14-20(22(31)26-17-9-7-16(24)8-10-17)21(15-5-11-18(32-2)12-6-15)29-23(25-14)27-19(28-29)4-3-13-30/h5-12,21,30H,3-4,13H2,1-2H3,(H,26,31)(H,25,27,28). The van der Waals surface area contributed by atoms with Crippen molar-refractivity contribution in [3.8, 4) is 5.75 Å². The molecule has 4 rings (SSSR count). The second kappa shape index (κ2) is 9.42. The van der Waals surface area contributed by atoms with Crippen LogP contribution in [0.2, 0.25) is 5.02 Å². The van der Waals surface area contributed by atoms with Crippen molar-refractivity contribution in [1.82, 2.24) is 14.8 Å². The van der Waals surface area contributed by atoms with Gasteiger partial charge in [0.1, 0.15) is 11.8 Å². The van der Waals surface area contributed by atoms with Gasteiger partial charge in [-0.05, 0) is 55.3 Å². The Kier molecular flexibility index (Phi) is 6.43. The molecule has 9 heteroatoms. The number of fused-ring (bicyclic) bond motifs is 1. The summed E-state index contributed by atoms with van der Waals surface area (Å²) in [5.74, 6) is 1.63. The average molecular weight is 454 g/mol. The normalized spacial score (nSPS) is 15.2. The minimum atomic E-state index is -0.486. The molecule has 32 heavy (non-hydrogen) atoms. The highest BCUT2D eigenvalue weighted by atomic mass is 35.5. The summed E-state index contributed by atoms with van der Waals surface area (Å²) in [6.07, 6.45) is 1.10. The number of rotatable bonds is 7. The van der Waals surface area contributed by atoms with Crippen molar-refractivity contribution in [2.75, 3.05) is 24.4 Å². The van der Waals surface area contributed by atoms with Crippen molar-refractivity contribution in [3.63, 3.8) is 0 Å². The van der Waals surface area contributed by atoms with Gasteiger partial charge in [0.25, 0.3) is 5.91 Å². The number of carbonyl (C=O) groups excluding carboxylic acids is 1. The van der Waals surface area contributed by atoms with E-state index in [-0.39, 0.29) is 12.5 Å². The number of benzene rings is 2. The molecule has 1 unspecified atom stereocenters. The molecule has 0 saturated carbocycles. The fraction of sp³-hybridized carbons (Fsp3) is 0.261. The van der Waals surface area contributed by atoms with E-state index in [1.165, 1.54) is 0 Å². The lowest BCUT2D eigenvalue weighted by Crippen LogP contribution is -2.31. The van der Waals surface area contributed by atoms with E-state index in [0.29, 0.717) is 46.6 Å². The molecule has 3 N–H and O–H groups in total. The molecule has 2 aromatic carbocycles. The number of halogens is 1. The van der Waals surface area contributed by atoms with E-state index in [1.54, 1.807) is 36.1 Å². The van der Waals surface area contributed by atoms with Crippen LogP contribution in [0.5, 0.6) is 5.75 Å². The van der Waals surface area contributed by atoms with Crippen molar-refractivity contribution < 1.29 is 14.6 Å². The molecule has 1 amide bonds. The number of hydrogen-bond donors (Lipinski definition) is 3. The van der Waals surface area contributed by atoms with Gasteiger partial charge in [-0.3, -0.25) is 4.79 Å². The largest absolute Gasteiger partial charge is 0.497 e. The van der Waals surface area contributed by atoms with Crippen molar-refractivity contribution in [2.45, 2.75) is 25.8 Å². The molecule has 0 saturated heterocycles. The summed E-state index contributed by atoms with van der Waals surface area (Å²) < 4.78 is 7.01. The zero-order valence-electron chi connectivity index (χ0n) is 17.8. The second-order valence-corrected chi connectivity index (χ2v) is 7.86. The number of nitrogens with one attached hydrogen (secondary N) is 2. The highest BCUT2D eigenvalue weighted by Gasteiger charge is 2.34. The smallest absolute Gasteiger partial charge is 0.255 e. The maximum Gasteiger partial charge on any atom is 0.255 e. The van der Waals surface area contributed by atoms with Crippen LogP contribution in [0.1, 0.15) is 30.8 Å². The van der Waals surface area contributed by atoms with E-state index in [9.17, 15) is 4.79 Å². The fourth-order valence-electron chi connectivity index (χ4n) is 3.66. The zero-order valence-corrected chi connectivity index (χ0v) is 18.6. The molecule has 166 valence electrons. The lowest BCUT2D eigenvalue weighted by molar-refractivity contribution is -0.113. The molecule has 8 nitrogen and oxygen atoms in total. The molecule has 0 aliphatic carbocycles. The van der Waals surface area contributed by atoms with Crippen LogP contribution in [0, 0.1) is 0 Å². The molecule has 0 radical (unpaired) electrons. The van der Waals surface area contributed by atoms with Crippen LogP contribution in [-0.2, 0) is 11.2 Å². The van der Waals surface area contributed by atoms with Gasteiger partial charge in [0, 0.05) is 29.4 Å². The highest BCUT2D eigenvalue weighted by Crippen LogP contribution is 2.36. The first-order chi connectivity index (χ1) is 15.5. The summed E-state index contributed by atoms with van der Waals surface area (Å²) in [6.45, 7) is 1.91. The van der Waals surface area contributed by atoms with Crippen molar-refractivity contribution in [2.24, 2.45) is 0 Å². The molecule has 0 bridgehead atoms. The number of hydrogen-bond acceptors (Lipinski definition) is 6. The van der Waals surface area contributed by atoms with Crippen LogP contribution in [0.15, 0.2) is 59.8 Å². The van der Waals surface area contributed by atoms with Gasteiger partial charge in [0.05, 0.1) is 12.7 Å². The van der Waals surface area contributed by atoms with Gasteiger partial charge in [0.2, 0.25) is 5.95 Å². The Morgan fingerprint density at radius 1 is 1.22 bits per heavy atom. The third-order valence-corrected chi connectivity index (χ3v) is 5.49. The number of amides is 1. The molecule has 3 aromatic rings. The summed E-state index contributed by atoms with van der Waals surface area (Å²) in [5.41, 5.74) is 2.72. The molecule has 0 spiro atoms. The van der Waals surface area contributed by atoms with Gasteiger partial charge < -0.3 is 20.5 Å². The van der Waals surface area contributed by atoms with Gasteiger partial charge in [-0.15, -0.1) is 0 Å². The Labute approximate surface area is 190 Å². The topological polar surface area (TPSA) is 101 Å². The minimum absolute atomic E-state index is 0.0608. The number of aliphatic hydroxyl groups excluding tert-OH is 1. The monoisotopic (exact) mass is 453 g/mol. The number of allylic oxidation sites excluding steroid dienone is 1. The van der Waals surface area contributed by atoms with Gasteiger partial charge >= 0.3 is 0 Å². The Bertz CT molecular complexity index is 1140. The lowest BCUT2D eigenvalue weighted by Gasteiger charge is -2.28. The molecule has 1 aliphatic heterocycles. The maximum absolute atomic E-state index is 13.4. The number of ether oxygens (including phenoxy) is 1. The van der Waals surface area contributed by atoms with Crippen LogP contribution in [0.3, 0.4) is 0 Å². The molecule has 1 atom stereocenters. The van der Waals surface area contributed by atoms with Gasteiger partial charge in [0.15, 0.2) is 5.82 Å². The zero-order chi connectivity index (χ0) is 22.7. The first kappa shape index (κ1) is 21.9. The Morgan fingerprint density at radius 2 is 1.94 bits per heavy atom. The van der Waals surface area contributed by atoms with Crippen LogP contribution < -0.4 is 15.4 Å². The van der Waals surface area contributed by atoms with E-state index < -0.39 is 6.04 Å². The fourth-order valence-corrected chi connectivity index (χ4v) is 3.78. The molecular formula is C23H24ClN5O3. The molecular weight excluding hydrogens is 430 g/mol. The van der Waals surface area contributed by atoms with Crippen LogP contribution in [0.4, 0.5) is 11.6 Å². The Morgan fingerprint density at radius 3 is 2.59 bits per heavy atom. The predicted octanol–water partition coefficient (Wildman–Crippen LogP) is 3.79. The van der Waals surface area contributed by atoms with Crippen LogP contribution >= 0.6 is 11.6 Å². The third-order valence-electron chi connectivity index (χ3n) is 5.23. The number of aliphatic hydroxyl groups is 1. The summed E-state index contributed by atoms with van der Waals surface area (Å²) in [6, 6.07) is 14.0. The van der Waals surface area contributed by atoms with Crippen molar-refractivity contribution in [1.29, 1.82) is 0 Å². The summed E-state index contributed by atoms with van der Waals surface area (Å²) in [5, 5.41) is 20.6. The third kappa shape index (κ3) is 4.46. The van der Waals surface area contributed by atoms with E-state index in [4.69, 9.17) is 21.4 Å². The average Bonchev–Trinajstić information content (AvgIpc) is 3.20. The maximum atomic E-state index is 13.4. The van der Waals surface area contributed by atoms with Crippen molar-refractivity contribution in [3.05, 3.63) is 76.2 Å². The van der Waals surface area contributed by atoms with Crippen molar-refractivity contribution >= 4 is 29.1 Å². The van der Waals surface area contributed by atoms with E-state index >= 15 is 0 Å². The minimum Gasteiger partial charge on any atom is -0.497 e. The first-order valence-corrected chi connectivity index (χ1v) is 10.6. The molecule has 2 heterocycles. The molecule has 1 aliphatic rings. The van der Waals surface area contributed by atoms with E-state index in [0.717, 1.165) is 11.3 Å². The lowest BCUT2D eigenvalue weighted by atomic mass is 9.95. The number of carbonyl (C=O) groups is 1. The quantitative estimate of drug-likeness (QED) is 0.503. The Balaban J connectivity index is 1.74. The Hall–Kier alpha value is -3.36. The number of methoxy groups -OCH3 is 1. The number of aryl methyl sites for hydroxylation is 1. The van der Waals surface area contributed by atoms with Crippen LogP contribution in [-0.4, -0.2) is 39.5 Å². The number of nitrogens with zero attached hydrogens (tertiary/aromatic N) is 3. The highest BCUT2D eigenvalue weighted by molar-refractivity contribution is 6.30. The molecule has 1 aromatic heterocycles. The summed E-state index contributed by atoms with van der Waals surface area (Å²) >= 11 is 5.97. The SMILES string of the molecule is COc1ccc(C2C(C(=O)Nc3ccc(Cl)cc3)=C(C)Nc3nc(CCCO)nn32)cc1. The first-order valence-electron chi connectivity index (χ1n) is 10.2. The van der Waals surface area contributed by atoms with E-state index in [2.05, 4.69) is 20.7 Å². The number of anilines is 2. The van der Waals surface area contributed by atoms with E-state index in [1.807, 2.05) is 31.2 Å². The van der Waals surface area contributed by atoms with Gasteiger partial charge in [-0.25, -0.2) is 4.68 Å². The van der Waals surface area contributed by atoms with Crippen LogP contribution in [0.25, 0.3) is 0 Å². The summed E-state index contributed by atoms with van der Waals surface area (Å²) in [4.78, 5) is 18.0. The van der Waals surface area contributed by atoms with Gasteiger partial charge in [-0.1, -0.05) is 23.7 Å². The second-order valence-electron chi connectivity index (χ2n) is 7.42. The summed E-state index contributed by atoms with van der Waals surface area (Å²) in [7, 11) is 1.61.